The number of hydrogen-bond donors (Lipinski definition) is 1. The van der Waals surface area contributed by atoms with Gasteiger partial charge in [0, 0.05) is 5.56 Å². The standard InChI is InChI=1S/C13H11Cl2FN4S/c1-7-9(16)4-3-5-10(7)20-17-6-8-11(14)18-13(21-2)19-12(8)15/h3-6,20H,1-2H3/b17-6+. The zero-order valence-corrected chi connectivity index (χ0v) is 13.5. The first-order valence-corrected chi connectivity index (χ1v) is 7.82. The van der Waals surface area contributed by atoms with E-state index in [0.717, 1.165) is 0 Å². The van der Waals surface area contributed by atoms with Crippen molar-refractivity contribution < 1.29 is 4.39 Å². The predicted molar refractivity (Wildman–Crippen MR) is 86.2 cm³/mol. The van der Waals surface area contributed by atoms with Gasteiger partial charge in [0.05, 0.1) is 17.5 Å². The third-order valence-electron chi connectivity index (χ3n) is 2.66. The third kappa shape index (κ3) is 3.84. The summed E-state index contributed by atoms with van der Waals surface area (Å²) in [5.41, 5.74) is 4.17. The van der Waals surface area contributed by atoms with Crippen LogP contribution in [0, 0.1) is 12.7 Å². The summed E-state index contributed by atoms with van der Waals surface area (Å²) in [5.74, 6) is -0.307. The summed E-state index contributed by atoms with van der Waals surface area (Å²) in [7, 11) is 0. The summed E-state index contributed by atoms with van der Waals surface area (Å²) < 4.78 is 13.4. The Balaban J connectivity index is 2.20. The van der Waals surface area contributed by atoms with Crippen molar-refractivity contribution >= 4 is 46.9 Å². The molecule has 2 aromatic rings. The van der Waals surface area contributed by atoms with Gasteiger partial charge in [-0.05, 0) is 25.3 Å². The van der Waals surface area contributed by atoms with Crippen LogP contribution in [0.5, 0.6) is 0 Å². The number of thioether (sulfide) groups is 1. The van der Waals surface area contributed by atoms with Crippen LogP contribution in [0.3, 0.4) is 0 Å². The molecule has 0 aliphatic rings. The molecule has 2 rings (SSSR count). The van der Waals surface area contributed by atoms with E-state index in [9.17, 15) is 4.39 Å². The van der Waals surface area contributed by atoms with E-state index in [-0.39, 0.29) is 16.1 Å². The number of anilines is 1. The van der Waals surface area contributed by atoms with E-state index in [1.807, 2.05) is 6.26 Å². The highest BCUT2D eigenvalue weighted by molar-refractivity contribution is 7.98. The largest absolute Gasteiger partial charge is 0.278 e. The molecule has 0 spiro atoms. The Morgan fingerprint density at radius 3 is 2.57 bits per heavy atom. The number of aromatic nitrogens is 2. The summed E-state index contributed by atoms with van der Waals surface area (Å²) in [5, 5.41) is 4.89. The van der Waals surface area contributed by atoms with Crippen LogP contribution >= 0.6 is 35.0 Å². The van der Waals surface area contributed by atoms with Crippen LogP contribution in [-0.2, 0) is 0 Å². The van der Waals surface area contributed by atoms with Gasteiger partial charge in [0.1, 0.15) is 16.1 Å². The predicted octanol–water partition coefficient (Wildman–Crippen LogP) is 4.40. The molecular weight excluding hydrogens is 334 g/mol. The molecule has 0 radical (unpaired) electrons. The summed E-state index contributed by atoms with van der Waals surface area (Å²) in [6, 6.07) is 4.69. The van der Waals surface area contributed by atoms with Crippen molar-refractivity contribution in [2.45, 2.75) is 12.1 Å². The average Bonchev–Trinajstić information content (AvgIpc) is 2.45. The topological polar surface area (TPSA) is 50.2 Å². The van der Waals surface area contributed by atoms with Gasteiger partial charge in [-0.2, -0.15) is 5.10 Å². The molecule has 110 valence electrons. The zero-order valence-electron chi connectivity index (χ0n) is 11.2. The van der Waals surface area contributed by atoms with Gasteiger partial charge in [0.15, 0.2) is 5.16 Å². The van der Waals surface area contributed by atoms with Gasteiger partial charge in [0.2, 0.25) is 0 Å². The second-order valence-corrected chi connectivity index (χ2v) is 5.48. The lowest BCUT2D eigenvalue weighted by Gasteiger charge is -2.06. The fourth-order valence-electron chi connectivity index (χ4n) is 1.49. The average molecular weight is 345 g/mol. The molecule has 0 bridgehead atoms. The fourth-order valence-corrected chi connectivity index (χ4v) is 2.44. The van der Waals surface area contributed by atoms with Crippen LogP contribution in [-0.4, -0.2) is 22.4 Å². The first-order chi connectivity index (χ1) is 10.0. The molecule has 0 aliphatic heterocycles. The van der Waals surface area contributed by atoms with Crippen LogP contribution in [0.2, 0.25) is 10.3 Å². The minimum Gasteiger partial charge on any atom is -0.278 e. The van der Waals surface area contributed by atoms with Gasteiger partial charge >= 0.3 is 0 Å². The Morgan fingerprint density at radius 1 is 1.29 bits per heavy atom. The molecular formula is C13H11Cl2FN4S. The Kier molecular flexibility index (Phi) is 5.39. The van der Waals surface area contributed by atoms with E-state index in [1.54, 1.807) is 19.1 Å². The minimum atomic E-state index is -0.307. The minimum absolute atomic E-state index is 0.209. The number of hydrazone groups is 1. The van der Waals surface area contributed by atoms with Gasteiger partial charge < -0.3 is 0 Å². The summed E-state index contributed by atoms with van der Waals surface area (Å²) in [6.07, 6.45) is 3.23. The molecule has 1 aromatic carbocycles. The maximum Gasteiger partial charge on any atom is 0.190 e. The second kappa shape index (κ2) is 7.06. The van der Waals surface area contributed by atoms with Crippen LogP contribution < -0.4 is 5.43 Å². The number of benzene rings is 1. The number of rotatable bonds is 4. The van der Waals surface area contributed by atoms with Crippen molar-refractivity contribution in [2.75, 3.05) is 11.7 Å². The Hall–Kier alpha value is -1.37. The van der Waals surface area contributed by atoms with Crippen molar-refractivity contribution in [3.05, 3.63) is 45.4 Å². The molecule has 21 heavy (non-hydrogen) atoms. The van der Waals surface area contributed by atoms with E-state index < -0.39 is 0 Å². The van der Waals surface area contributed by atoms with Crippen molar-refractivity contribution in [1.29, 1.82) is 0 Å². The number of nitrogens with zero attached hydrogens (tertiary/aromatic N) is 3. The second-order valence-electron chi connectivity index (χ2n) is 3.99. The van der Waals surface area contributed by atoms with Gasteiger partial charge in [-0.3, -0.25) is 5.43 Å². The van der Waals surface area contributed by atoms with Crippen LogP contribution in [0.1, 0.15) is 11.1 Å². The lowest BCUT2D eigenvalue weighted by Crippen LogP contribution is -1.98. The molecule has 1 heterocycles. The van der Waals surface area contributed by atoms with Crippen LogP contribution in [0.4, 0.5) is 10.1 Å². The number of nitrogens with one attached hydrogen (secondary N) is 1. The van der Waals surface area contributed by atoms with Gasteiger partial charge in [-0.25, -0.2) is 14.4 Å². The highest BCUT2D eigenvalue weighted by atomic mass is 35.5. The zero-order chi connectivity index (χ0) is 15.4. The normalized spacial score (nSPS) is 11.1. The molecule has 0 saturated heterocycles. The van der Waals surface area contributed by atoms with E-state index in [2.05, 4.69) is 20.5 Å². The lowest BCUT2D eigenvalue weighted by atomic mass is 10.2. The fraction of sp³-hybridized carbons (Fsp3) is 0.154. The molecule has 4 nitrogen and oxygen atoms in total. The molecule has 8 heteroatoms. The van der Waals surface area contributed by atoms with E-state index in [0.29, 0.717) is 22.0 Å². The Morgan fingerprint density at radius 2 is 1.95 bits per heavy atom. The van der Waals surface area contributed by atoms with Crippen molar-refractivity contribution in [2.24, 2.45) is 5.10 Å². The van der Waals surface area contributed by atoms with Gasteiger partial charge in [0.25, 0.3) is 0 Å². The SMILES string of the molecule is CSc1nc(Cl)c(/C=N/Nc2cccc(F)c2C)c(Cl)n1. The Labute approximate surface area is 135 Å². The molecule has 0 fully saturated rings. The maximum absolute atomic E-state index is 13.4. The third-order valence-corrected chi connectivity index (χ3v) is 3.78. The van der Waals surface area contributed by atoms with E-state index >= 15 is 0 Å². The van der Waals surface area contributed by atoms with E-state index in [1.165, 1.54) is 24.0 Å². The van der Waals surface area contributed by atoms with Crippen LogP contribution in [0.25, 0.3) is 0 Å². The van der Waals surface area contributed by atoms with Crippen molar-refractivity contribution in [1.82, 2.24) is 9.97 Å². The molecule has 1 N–H and O–H groups in total. The first-order valence-electron chi connectivity index (χ1n) is 5.84. The highest BCUT2D eigenvalue weighted by Gasteiger charge is 2.09. The smallest absolute Gasteiger partial charge is 0.190 e. The first kappa shape index (κ1) is 16.0. The van der Waals surface area contributed by atoms with Crippen molar-refractivity contribution in [3.8, 4) is 0 Å². The summed E-state index contributed by atoms with van der Waals surface area (Å²) in [6.45, 7) is 1.66. The quantitative estimate of drug-likeness (QED) is 0.293. The summed E-state index contributed by atoms with van der Waals surface area (Å²) >= 11 is 13.4. The van der Waals surface area contributed by atoms with Gasteiger partial charge in [-0.15, -0.1) is 0 Å². The summed E-state index contributed by atoms with van der Waals surface area (Å²) in [4.78, 5) is 8.13. The monoisotopic (exact) mass is 344 g/mol. The number of hydrogen-bond acceptors (Lipinski definition) is 5. The van der Waals surface area contributed by atoms with E-state index in [4.69, 9.17) is 23.2 Å². The number of halogens is 3. The van der Waals surface area contributed by atoms with Crippen LogP contribution in [0.15, 0.2) is 28.5 Å². The molecule has 0 saturated carbocycles. The molecule has 0 amide bonds. The Bertz CT molecular complexity index is 671. The molecule has 0 atom stereocenters. The van der Waals surface area contributed by atoms with Crippen molar-refractivity contribution in [3.63, 3.8) is 0 Å². The molecule has 0 unspecified atom stereocenters. The molecule has 0 aliphatic carbocycles. The highest BCUT2D eigenvalue weighted by Crippen LogP contribution is 2.23. The molecule has 1 aromatic heterocycles. The maximum atomic E-state index is 13.4. The lowest BCUT2D eigenvalue weighted by molar-refractivity contribution is 0.619. The van der Waals surface area contributed by atoms with Gasteiger partial charge in [-0.1, -0.05) is 41.0 Å².